The van der Waals surface area contributed by atoms with Gasteiger partial charge in [-0.25, -0.2) is 0 Å². The molecule has 0 amide bonds. The summed E-state index contributed by atoms with van der Waals surface area (Å²) < 4.78 is 4.56. The summed E-state index contributed by atoms with van der Waals surface area (Å²) in [7, 11) is 0. The molecule has 1 aromatic carbocycles. The van der Waals surface area contributed by atoms with Crippen LogP contribution in [0.25, 0.3) is 0 Å². The molecule has 0 unspecified atom stereocenters. The van der Waals surface area contributed by atoms with Crippen molar-refractivity contribution in [2.45, 2.75) is 59.3 Å². The molecule has 0 aliphatic rings. The van der Waals surface area contributed by atoms with Gasteiger partial charge in [-0.3, -0.25) is 4.79 Å². The summed E-state index contributed by atoms with van der Waals surface area (Å²) in [5, 5.41) is 0. The molecule has 0 atom stereocenters. The van der Waals surface area contributed by atoms with E-state index in [1.165, 1.54) is 11.1 Å². The van der Waals surface area contributed by atoms with Crippen molar-refractivity contribution < 1.29 is 14.3 Å². The van der Waals surface area contributed by atoms with Crippen LogP contribution in [-0.2, 0) is 20.2 Å². The number of ether oxygens (including phenoxy) is 1. The van der Waals surface area contributed by atoms with Crippen LogP contribution in [-0.4, -0.2) is 25.4 Å². The van der Waals surface area contributed by atoms with E-state index in [1.807, 2.05) is 12.1 Å². The van der Waals surface area contributed by atoms with Gasteiger partial charge in [-0.15, -0.1) is 11.6 Å². The predicted octanol–water partition coefficient (Wildman–Crippen LogP) is 4.64. The van der Waals surface area contributed by atoms with E-state index in [1.54, 1.807) is 6.92 Å². The van der Waals surface area contributed by atoms with E-state index in [4.69, 9.17) is 17.3 Å². The zero-order chi connectivity index (χ0) is 19.5. The molecule has 5 heteroatoms. The fraction of sp³-hybridized carbons (Fsp3) is 0.600. The van der Waals surface area contributed by atoms with E-state index in [-0.39, 0.29) is 5.97 Å². The van der Waals surface area contributed by atoms with Crippen LogP contribution in [0.5, 0.6) is 0 Å². The number of carbonyl (C=O) groups is 2. The zero-order valence-electron chi connectivity index (χ0n) is 16.1. The molecule has 0 aromatic heterocycles. The molecule has 0 aliphatic heterocycles. The Bertz CT molecular complexity index is 423. The van der Waals surface area contributed by atoms with Gasteiger partial charge in [-0.05, 0) is 25.3 Å². The second-order valence-corrected chi connectivity index (χ2v) is 5.82. The lowest BCUT2D eigenvalue weighted by molar-refractivity contribution is -0.142. The van der Waals surface area contributed by atoms with Crippen LogP contribution < -0.4 is 5.73 Å². The van der Waals surface area contributed by atoms with Gasteiger partial charge in [0.15, 0.2) is 0 Å². The summed E-state index contributed by atoms with van der Waals surface area (Å²) in [4.78, 5) is 20.3. The number of esters is 1. The molecule has 2 N–H and O–H groups in total. The van der Waals surface area contributed by atoms with Crippen molar-refractivity contribution >= 4 is 23.9 Å². The second kappa shape index (κ2) is 18.9. The van der Waals surface area contributed by atoms with Crippen molar-refractivity contribution in [2.75, 3.05) is 13.2 Å². The molecule has 0 radical (unpaired) electrons. The van der Waals surface area contributed by atoms with Crippen molar-refractivity contribution in [3.63, 3.8) is 0 Å². The molecule has 0 saturated heterocycles. The van der Waals surface area contributed by atoms with Gasteiger partial charge >= 0.3 is 5.97 Å². The van der Waals surface area contributed by atoms with Gasteiger partial charge in [-0.1, -0.05) is 56.5 Å². The highest BCUT2D eigenvalue weighted by molar-refractivity contribution is 6.17. The fourth-order valence-electron chi connectivity index (χ4n) is 1.79. The Morgan fingerprint density at radius 3 is 2.08 bits per heavy atom. The topological polar surface area (TPSA) is 69.4 Å². The van der Waals surface area contributed by atoms with Gasteiger partial charge in [-0.2, -0.15) is 0 Å². The number of carbonyl (C=O) groups excluding carboxylic acids is 2. The number of hydrogen-bond acceptors (Lipinski definition) is 4. The first-order valence-corrected chi connectivity index (χ1v) is 9.43. The minimum Gasteiger partial charge on any atom is -0.466 e. The summed E-state index contributed by atoms with van der Waals surface area (Å²) in [6.07, 6.45) is 4.35. The third-order valence-corrected chi connectivity index (χ3v) is 3.82. The molecule has 1 rings (SSSR count). The molecule has 0 aliphatic carbocycles. The standard InChI is InChI=1S/C8H9Cl.C7H14O.C5H11NO2/c1-7-2-4-8(6-9)5-3-7;1-3-7(4-2)5-6-8;1-2-8-5(7)3-4-6/h2-5H,6H2,1H3;6-7H,3-5H2,1-2H3;2-4,6H2,1H3. The summed E-state index contributed by atoms with van der Waals surface area (Å²) >= 11 is 5.58. The third-order valence-electron chi connectivity index (χ3n) is 3.51. The average Bonchev–Trinajstić information content (AvgIpc) is 2.62. The van der Waals surface area contributed by atoms with Crippen LogP contribution >= 0.6 is 11.6 Å². The van der Waals surface area contributed by atoms with E-state index >= 15 is 0 Å². The highest BCUT2D eigenvalue weighted by atomic mass is 35.5. The molecule has 25 heavy (non-hydrogen) atoms. The molecule has 4 nitrogen and oxygen atoms in total. The number of rotatable bonds is 8. The highest BCUT2D eigenvalue weighted by Gasteiger charge is 1.99. The number of hydrogen-bond donors (Lipinski definition) is 1. The molecule has 0 fully saturated rings. The highest BCUT2D eigenvalue weighted by Crippen LogP contribution is 2.09. The van der Waals surface area contributed by atoms with Crippen LogP contribution in [0.1, 0.15) is 57.6 Å². The van der Waals surface area contributed by atoms with Crippen molar-refractivity contribution in [1.29, 1.82) is 0 Å². The Balaban J connectivity index is 0. The van der Waals surface area contributed by atoms with Gasteiger partial charge in [0, 0.05) is 18.8 Å². The summed E-state index contributed by atoms with van der Waals surface area (Å²) in [6, 6.07) is 8.22. The van der Waals surface area contributed by atoms with Crippen LogP contribution in [0.2, 0.25) is 0 Å². The molecule has 0 heterocycles. The Kier molecular flexibility index (Phi) is 19.6. The fourth-order valence-corrected chi connectivity index (χ4v) is 1.96. The van der Waals surface area contributed by atoms with E-state index < -0.39 is 0 Å². The van der Waals surface area contributed by atoms with Crippen molar-refractivity contribution in [3.8, 4) is 0 Å². The Labute approximate surface area is 158 Å². The molecular formula is C20H34ClNO3. The lowest BCUT2D eigenvalue weighted by Crippen LogP contribution is -2.10. The maximum Gasteiger partial charge on any atom is 0.307 e. The Morgan fingerprint density at radius 1 is 1.20 bits per heavy atom. The number of aldehydes is 1. The van der Waals surface area contributed by atoms with E-state index in [2.05, 4.69) is 37.6 Å². The lowest BCUT2D eigenvalue weighted by Gasteiger charge is -2.04. The van der Waals surface area contributed by atoms with Gasteiger partial charge in [0.05, 0.1) is 13.0 Å². The molecule has 144 valence electrons. The van der Waals surface area contributed by atoms with Gasteiger partial charge < -0.3 is 15.3 Å². The normalized spacial score (nSPS) is 9.40. The first kappa shape index (κ1) is 25.8. The van der Waals surface area contributed by atoms with Crippen molar-refractivity contribution in [2.24, 2.45) is 11.7 Å². The van der Waals surface area contributed by atoms with E-state index in [0.717, 1.165) is 25.5 Å². The average molecular weight is 372 g/mol. The summed E-state index contributed by atoms with van der Waals surface area (Å²) in [5.74, 6) is 1.03. The molecule has 0 spiro atoms. The molecular weight excluding hydrogens is 338 g/mol. The second-order valence-electron chi connectivity index (χ2n) is 5.55. The van der Waals surface area contributed by atoms with Crippen molar-refractivity contribution in [1.82, 2.24) is 0 Å². The molecule has 0 bridgehead atoms. The maximum atomic E-state index is 10.3. The molecule has 1 aromatic rings. The van der Waals surface area contributed by atoms with Crippen LogP contribution in [0.4, 0.5) is 0 Å². The predicted molar refractivity (Wildman–Crippen MR) is 106 cm³/mol. The third kappa shape index (κ3) is 17.2. The van der Waals surface area contributed by atoms with Gasteiger partial charge in [0.1, 0.15) is 6.29 Å². The van der Waals surface area contributed by atoms with E-state index in [0.29, 0.717) is 31.4 Å². The Morgan fingerprint density at radius 2 is 1.76 bits per heavy atom. The minimum atomic E-state index is -0.213. The number of benzene rings is 1. The largest absolute Gasteiger partial charge is 0.466 e. The SMILES string of the molecule is CCC(CC)CC=O.CCOC(=O)CCN.Cc1ccc(CCl)cc1. The molecule has 0 saturated carbocycles. The number of alkyl halides is 1. The number of nitrogens with two attached hydrogens (primary N) is 1. The smallest absolute Gasteiger partial charge is 0.307 e. The monoisotopic (exact) mass is 371 g/mol. The van der Waals surface area contributed by atoms with Crippen molar-refractivity contribution in [3.05, 3.63) is 35.4 Å². The Hall–Kier alpha value is -1.39. The first-order valence-electron chi connectivity index (χ1n) is 8.89. The van der Waals surface area contributed by atoms with Crippen LogP contribution in [0.15, 0.2) is 24.3 Å². The number of aryl methyl sites for hydroxylation is 1. The van der Waals surface area contributed by atoms with Gasteiger partial charge in [0.25, 0.3) is 0 Å². The zero-order valence-corrected chi connectivity index (χ0v) is 16.8. The van der Waals surface area contributed by atoms with Gasteiger partial charge in [0.2, 0.25) is 0 Å². The summed E-state index contributed by atoms with van der Waals surface area (Å²) in [6.45, 7) is 8.90. The summed E-state index contributed by atoms with van der Waals surface area (Å²) in [5.41, 5.74) is 7.52. The van der Waals surface area contributed by atoms with Crippen LogP contribution in [0.3, 0.4) is 0 Å². The van der Waals surface area contributed by atoms with Crippen LogP contribution in [0, 0.1) is 12.8 Å². The quantitative estimate of drug-likeness (QED) is 0.410. The maximum absolute atomic E-state index is 10.3. The first-order chi connectivity index (χ1) is 12.0. The minimum absolute atomic E-state index is 0.213. The lowest BCUT2D eigenvalue weighted by atomic mass is 10.0. The number of halogens is 1. The van der Waals surface area contributed by atoms with E-state index in [9.17, 15) is 9.59 Å².